The summed E-state index contributed by atoms with van der Waals surface area (Å²) < 4.78 is 14.2. The van der Waals surface area contributed by atoms with E-state index in [-0.39, 0.29) is 35.7 Å². The Labute approximate surface area is 229 Å². The summed E-state index contributed by atoms with van der Waals surface area (Å²) in [6.45, 7) is 10.5. The minimum atomic E-state index is -0.538. The Balaban J connectivity index is 1.10. The monoisotopic (exact) mass is 539 g/mol. The van der Waals surface area contributed by atoms with Crippen LogP contribution in [0.15, 0.2) is 12.1 Å². The van der Waals surface area contributed by atoms with Crippen LogP contribution in [0.4, 0.5) is 4.39 Å². The Hall–Kier alpha value is -2.53. The first-order chi connectivity index (χ1) is 18.8. The van der Waals surface area contributed by atoms with Gasteiger partial charge in [-0.3, -0.25) is 20.4 Å². The topological polar surface area (TPSA) is 109 Å². The Morgan fingerprint density at radius 3 is 2.72 bits per heavy atom. The molecule has 1 aromatic heterocycles. The van der Waals surface area contributed by atoms with Crippen molar-refractivity contribution in [2.45, 2.75) is 89.5 Å². The quantitative estimate of drug-likeness (QED) is 0.397. The highest BCUT2D eigenvalue weighted by Gasteiger charge is 2.43. The molecule has 1 aromatic carbocycles. The van der Waals surface area contributed by atoms with E-state index in [9.17, 15) is 14.3 Å². The number of carbonyl (C=O) groups excluding carboxylic acids is 1. The molecule has 2 saturated heterocycles. The van der Waals surface area contributed by atoms with Gasteiger partial charge < -0.3 is 15.0 Å². The fraction of sp³-hybridized carbons (Fsp3) is 0.655. The molecule has 5 atom stereocenters. The number of aryl methyl sites for hydroxylation is 1. The van der Waals surface area contributed by atoms with Crippen LogP contribution >= 0.6 is 0 Å². The first-order valence-corrected chi connectivity index (χ1v) is 14.7. The summed E-state index contributed by atoms with van der Waals surface area (Å²) in [5, 5.41) is 13.3. The number of fused-ring (bicyclic) bond motifs is 2. The predicted octanol–water partition coefficient (Wildman–Crippen LogP) is 2.49. The average molecular weight is 540 g/mol. The number of hydrogen-bond donors (Lipinski definition) is 5. The minimum Gasteiger partial charge on any atom is -0.505 e. The number of aromatic nitrogens is 2. The first-order valence-electron chi connectivity index (χ1n) is 14.7. The molecule has 3 aliphatic heterocycles. The maximum atomic E-state index is 14.2. The van der Waals surface area contributed by atoms with Crippen molar-refractivity contribution in [1.82, 2.24) is 35.9 Å². The fourth-order valence-electron chi connectivity index (χ4n) is 7.20. The van der Waals surface area contributed by atoms with Crippen molar-refractivity contribution in [3.8, 4) is 5.75 Å². The third-order valence-corrected chi connectivity index (χ3v) is 9.54. The summed E-state index contributed by atoms with van der Waals surface area (Å²) in [5.41, 5.74) is 11.1. The first kappa shape index (κ1) is 26.7. The van der Waals surface area contributed by atoms with E-state index < -0.39 is 5.82 Å². The van der Waals surface area contributed by atoms with Crippen LogP contribution in [0, 0.1) is 11.7 Å². The standard InChI is InChI=1S/C29H42FN7O2/c1-4-17-12-26(38)21(30)13-20(17)18-5-6-19-22(11-18)34-35-27(19)28-32-23-14-24(31-15-25(23)33-28)29(39)37-9-7-36(8-10-37)16(2)3/h12-13,16,18-19,22,24,27,31,34-35,38H,4-11,14-15H2,1-3H3,(H,32,33)/t18?,19?,22?,24-,27?/m0/s1. The van der Waals surface area contributed by atoms with Gasteiger partial charge in [0.15, 0.2) is 11.6 Å². The number of H-pyrrole nitrogens is 1. The van der Waals surface area contributed by atoms with Crippen LogP contribution in [0.1, 0.15) is 80.3 Å². The van der Waals surface area contributed by atoms with Gasteiger partial charge in [-0.1, -0.05) is 6.92 Å². The molecular weight excluding hydrogens is 497 g/mol. The van der Waals surface area contributed by atoms with Crippen molar-refractivity contribution in [3.05, 3.63) is 46.3 Å². The van der Waals surface area contributed by atoms with Crippen molar-refractivity contribution in [1.29, 1.82) is 0 Å². The second-order valence-corrected chi connectivity index (χ2v) is 12.0. The molecule has 0 radical (unpaired) electrons. The lowest BCUT2D eigenvalue weighted by Gasteiger charge is -2.38. The van der Waals surface area contributed by atoms with E-state index in [0.29, 0.717) is 24.9 Å². The highest BCUT2D eigenvalue weighted by atomic mass is 19.1. The number of nitrogens with one attached hydrogen (secondary N) is 4. The molecule has 4 heterocycles. The van der Waals surface area contributed by atoms with Crippen LogP contribution in [0.3, 0.4) is 0 Å². The van der Waals surface area contributed by atoms with Crippen molar-refractivity contribution in [2.24, 2.45) is 5.92 Å². The van der Waals surface area contributed by atoms with Gasteiger partial charge in [0.2, 0.25) is 5.91 Å². The van der Waals surface area contributed by atoms with Gasteiger partial charge in [0.25, 0.3) is 0 Å². The summed E-state index contributed by atoms with van der Waals surface area (Å²) in [4.78, 5) is 26.3. The number of piperazine rings is 1. The number of benzene rings is 1. The molecule has 39 heavy (non-hydrogen) atoms. The van der Waals surface area contributed by atoms with E-state index in [0.717, 1.165) is 80.2 Å². The Kier molecular flexibility index (Phi) is 7.39. The number of hydrogen-bond acceptors (Lipinski definition) is 7. The number of imidazole rings is 1. The van der Waals surface area contributed by atoms with E-state index in [1.807, 2.05) is 11.8 Å². The predicted molar refractivity (Wildman–Crippen MR) is 147 cm³/mol. The van der Waals surface area contributed by atoms with Crippen molar-refractivity contribution in [3.63, 3.8) is 0 Å². The Morgan fingerprint density at radius 1 is 1.18 bits per heavy atom. The number of rotatable bonds is 5. The van der Waals surface area contributed by atoms with E-state index in [4.69, 9.17) is 4.98 Å². The highest BCUT2D eigenvalue weighted by Crippen LogP contribution is 2.44. The Bertz CT molecular complexity index is 1210. The van der Waals surface area contributed by atoms with Crippen molar-refractivity contribution >= 4 is 5.91 Å². The van der Waals surface area contributed by atoms with Gasteiger partial charge in [0, 0.05) is 51.2 Å². The molecule has 1 aliphatic carbocycles. The number of carbonyl (C=O) groups is 1. The van der Waals surface area contributed by atoms with Gasteiger partial charge >= 0.3 is 0 Å². The van der Waals surface area contributed by atoms with Crippen LogP contribution in [-0.4, -0.2) is 75.1 Å². The molecule has 9 nitrogen and oxygen atoms in total. The van der Waals surface area contributed by atoms with E-state index in [1.54, 1.807) is 6.07 Å². The second kappa shape index (κ2) is 10.8. The van der Waals surface area contributed by atoms with Crippen LogP contribution in [0.5, 0.6) is 5.75 Å². The molecule has 10 heteroatoms. The normalized spacial score (nSPS) is 29.5. The number of hydrazine groups is 1. The van der Waals surface area contributed by atoms with Crippen molar-refractivity contribution in [2.75, 3.05) is 26.2 Å². The maximum absolute atomic E-state index is 14.2. The van der Waals surface area contributed by atoms with Gasteiger partial charge in [0.1, 0.15) is 5.82 Å². The molecule has 1 amide bonds. The van der Waals surface area contributed by atoms with E-state index in [2.05, 4.69) is 39.9 Å². The van der Waals surface area contributed by atoms with Crippen LogP contribution in [0.25, 0.3) is 0 Å². The molecular formula is C29H42FN7O2. The molecule has 4 aliphatic rings. The summed E-state index contributed by atoms with van der Waals surface area (Å²) in [6, 6.07) is 3.74. The zero-order valence-electron chi connectivity index (χ0n) is 23.3. The summed E-state index contributed by atoms with van der Waals surface area (Å²) in [7, 11) is 0. The number of phenols is 1. The lowest BCUT2D eigenvalue weighted by molar-refractivity contribution is -0.135. The van der Waals surface area contributed by atoms with Gasteiger partial charge in [-0.2, -0.15) is 0 Å². The van der Waals surface area contributed by atoms with Gasteiger partial charge in [-0.25, -0.2) is 14.8 Å². The van der Waals surface area contributed by atoms with Crippen LogP contribution in [-0.2, 0) is 24.2 Å². The third-order valence-electron chi connectivity index (χ3n) is 9.54. The smallest absolute Gasteiger partial charge is 0.240 e. The van der Waals surface area contributed by atoms with Crippen LogP contribution in [0.2, 0.25) is 0 Å². The number of halogens is 1. The zero-order valence-corrected chi connectivity index (χ0v) is 23.3. The zero-order chi connectivity index (χ0) is 27.3. The maximum Gasteiger partial charge on any atom is 0.240 e. The van der Waals surface area contributed by atoms with E-state index in [1.165, 1.54) is 6.07 Å². The largest absolute Gasteiger partial charge is 0.505 e. The number of amides is 1. The average Bonchev–Trinajstić information content (AvgIpc) is 3.57. The summed E-state index contributed by atoms with van der Waals surface area (Å²) in [6.07, 6.45) is 4.26. The number of aromatic amines is 1. The van der Waals surface area contributed by atoms with Crippen LogP contribution < -0.4 is 16.2 Å². The van der Waals surface area contributed by atoms with Crippen molar-refractivity contribution < 1.29 is 14.3 Å². The van der Waals surface area contributed by atoms with E-state index >= 15 is 0 Å². The fourth-order valence-corrected chi connectivity index (χ4v) is 7.20. The second-order valence-electron chi connectivity index (χ2n) is 12.0. The van der Waals surface area contributed by atoms with Gasteiger partial charge in [-0.05, 0) is 74.6 Å². The Morgan fingerprint density at radius 2 is 1.97 bits per heavy atom. The third kappa shape index (κ3) is 5.08. The SMILES string of the molecule is CCc1cc(O)c(F)cc1C1CCC2C(C1)NNC2c1nc2c([nH]1)CN[C@H](C(=O)N1CCN(C(C)C)CC1)C2. The number of phenolic OH excluding ortho intramolecular Hbond substituents is 1. The minimum absolute atomic E-state index is 0.0713. The lowest BCUT2D eigenvalue weighted by Crippen LogP contribution is -2.56. The molecule has 2 aromatic rings. The van der Waals surface area contributed by atoms with Gasteiger partial charge in [-0.15, -0.1) is 0 Å². The molecule has 4 unspecified atom stereocenters. The molecule has 1 saturated carbocycles. The molecule has 0 bridgehead atoms. The summed E-state index contributed by atoms with van der Waals surface area (Å²) in [5.74, 6) is 0.952. The molecule has 212 valence electrons. The number of aromatic hydroxyl groups is 1. The highest BCUT2D eigenvalue weighted by molar-refractivity contribution is 5.82. The molecule has 6 rings (SSSR count). The lowest BCUT2D eigenvalue weighted by atomic mass is 9.73. The van der Waals surface area contributed by atoms with Gasteiger partial charge in [0.05, 0.1) is 23.5 Å². The molecule has 3 fully saturated rings. The summed E-state index contributed by atoms with van der Waals surface area (Å²) >= 11 is 0. The number of nitrogens with zero attached hydrogens (tertiary/aromatic N) is 3. The molecule has 0 spiro atoms. The molecule has 5 N–H and O–H groups in total.